The molecular weight excluding hydrogens is 354 g/mol. The Balaban J connectivity index is 1.47. The summed E-state index contributed by atoms with van der Waals surface area (Å²) in [4.78, 5) is 22.8. The van der Waals surface area contributed by atoms with Gasteiger partial charge in [-0.3, -0.25) is 4.79 Å². The number of likely N-dealkylation sites (tertiary alicyclic amines) is 1. The SMILES string of the molecule is COc1ccc(C2CCCN2C(=O)CCc2nc3ccccc3[nH]2)c(OC)c1. The molecule has 6 nitrogen and oxygen atoms in total. The molecule has 4 rings (SSSR count). The van der Waals surface area contributed by atoms with Crippen molar-refractivity contribution in [2.75, 3.05) is 20.8 Å². The van der Waals surface area contributed by atoms with Crippen LogP contribution >= 0.6 is 0 Å². The Morgan fingerprint density at radius 1 is 1.21 bits per heavy atom. The van der Waals surface area contributed by atoms with Gasteiger partial charge in [0.25, 0.3) is 0 Å². The average Bonchev–Trinajstić information content (AvgIpc) is 3.38. The van der Waals surface area contributed by atoms with Gasteiger partial charge >= 0.3 is 0 Å². The van der Waals surface area contributed by atoms with Crippen molar-refractivity contribution >= 4 is 16.9 Å². The van der Waals surface area contributed by atoms with Gasteiger partial charge in [0.1, 0.15) is 17.3 Å². The molecule has 28 heavy (non-hydrogen) atoms. The van der Waals surface area contributed by atoms with Crippen LogP contribution in [0, 0.1) is 0 Å². The maximum Gasteiger partial charge on any atom is 0.223 e. The van der Waals surface area contributed by atoms with Gasteiger partial charge in [-0.15, -0.1) is 0 Å². The summed E-state index contributed by atoms with van der Waals surface area (Å²) in [5.74, 6) is 2.52. The van der Waals surface area contributed by atoms with E-state index < -0.39 is 0 Å². The molecule has 0 aliphatic carbocycles. The number of para-hydroxylation sites is 2. The van der Waals surface area contributed by atoms with Crippen LogP contribution in [0.25, 0.3) is 11.0 Å². The van der Waals surface area contributed by atoms with Crippen molar-refractivity contribution < 1.29 is 14.3 Å². The largest absolute Gasteiger partial charge is 0.497 e. The van der Waals surface area contributed by atoms with Crippen LogP contribution in [0.1, 0.15) is 36.7 Å². The van der Waals surface area contributed by atoms with Crippen LogP contribution in [-0.4, -0.2) is 41.5 Å². The van der Waals surface area contributed by atoms with E-state index in [9.17, 15) is 4.79 Å². The number of hydrogen-bond acceptors (Lipinski definition) is 4. The van der Waals surface area contributed by atoms with Crippen LogP contribution in [0.2, 0.25) is 0 Å². The predicted octanol–water partition coefficient (Wildman–Crippen LogP) is 3.88. The van der Waals surface area contributed by atoms with E-state index in [1.165, 1.54) is 0 Å². The van der Waals surface area contributed by atoms with Crippen LogP contribution < -0.4 is 9.47 Å². The summed E-state index contributed by atoms with van der Waals surface area (Å²) in [5.41, 5.74) is 2.98. The lowest BCUT2D eigenvalue weighted by atomic mass is 10.0. The highest BCUT2D eigenvalue weighted by Gasteiger charge is 2.31. The molecule has 1 saturated heterocycles. The van der Waals surface area contributed by atoms with Gasteiger partial charge in [-0.25, -0.2) is 4.98 Å². The first kappa shape index (κ1) is 18.3. The van der Waals surface area contributed by atoms with E-state index in [-0.39, 0.29) is 11.9 Å². The third-order valence-electron chi connectivity index (χ3n) is 5.39. The number of carbonyl (C=O) groups excluding carboxylic acids is 1. The summed E-state index contributed by atoms with van der Waals surface area (Å²) in [5, 5.41) is 0. The molecule has 1 atom stereocenters. The Morgan fingerprint density at radius 2 is 2.07 bits per heavy atom. The molecule has 6 heteroatoms. The number of carbonyl (C=O) groups is 1. The number of amides is 1. The van der Waals surface area contributed by atoms with Crippen molar-refractivity contribution in [3.05, 3.63) is 53.9 Å². The number of methoxy groups -OCH3 is 2. The minimum Gasteiger partial charge on any atom is -0.497 e. The highest BCUT2D eigenvalue weighted by molar-refractivity contribution is 5.78. The van der Waals surface area contributed by atoms with E-state index in [4.69, 9.17) is 9.47 Å². The maximum atomic E-state index is 13.0. The first-order valence-electron chi connectivity index (χ1n) is 9.64. The number of hydrogen-bond donors (Lipinski definition) is 1. The van der Waals surface area contributed by atoms with Gasteiger partial charge in [0.2, 0.25) is 5.91 Å². The lowest BCUT2D eigenvalue weighted by molar-refractivity contribution is -0.132. The number of rotatable bonds is 6. The Bertz CT molecular complexity index is 949. The highest BCUT2D eigenvalue weighted by Crippen LogP contribution is 2.39. The van der Waals surface area contributed by atoms with Crippen molar-refractivity contribution in [3.63, 3.8) is 0 Å². The molecule has 1 fully saturated rings. The van der Waals surface area contributed by atoms with Crippen molar-refractivity contribution in [1.29, 1.82) is 0 Å². The third kappa shape index (κ3) is 3.54. The number of aromatic nitrogens is 2. The second-order valence-electron chi connectivity index (χ2n) is 7.05. The van der Waals surface area contributed by atoms with Crippen molar-refractivity contribution in [3.8, 4) is 11.5 Å². The first-order chi connectivity index (χ1) is 13.7. The number of aromatic amines is 1. The van der Waals surface area contributed by atoms with Crippen molar-refractivity contribution in [2.45, 2.75) is 31.7 Å². The van der Waals surface area contributed by atoms with Crippen LogP contribution in [0.3, 0.4) is 0 Å². The summed E-state index contributed by atoms with van der Waals surface area (Å²) < 4.78 is 10.8. The summed E-state index contributed by atoms with van der Waals surface area (Å²) in [7, 11) is 3.29. The molecular formula is C22H25N3O3. The molecule has 1 aliphatic heterocycles. The molecule has 2 heterocycles. The first-order valence-corrected chi connectivity index (χ1v) is 9.64. The van der Waals surface area contributed by atoms with Crippen LogP contribution in [0.5, 0.6) is 11.5 Å². The standard InChI is InChI=1S/C22H25N3O3/c1-27-15-9-10-16(20(14-15)28-2)19-8-5-13-25(19)22(26)12-11-21-23-17-6-3-4-7-18(17)24-21/h3-4,6-7,9-10,14,19H,5,8,11-13H2,1-2H3,(H,23,24). The Hall–Kier alpha value is -3.02. The second kappa shape index (κ2) is 7.92. The normalized spacial score (nSPS) is 16.5. The van der Waals surface area contributed by atoms with Crippen molar-refractivity contribution in [2.24, 2.45) is 0 Å². The fraction of sp³-hybridized carbons (Fsp3) is 0.364. The number of imidazole rings is 1. The molecule has 0 radical (unpaired) electrons. The zero-order valence-corrected chi connectivity index (χ0v) is 16.3. The number of fused-ring (bicyclic) bond motifs is 1. The highest BCUT2D eigenvalue weighted by atomic mass is 16.5. The molecule has 0 spiro atoms. The van der Waals surface area contributed by atoms with E-state index in [1.54, 1.807) is 14.2 Å². The molecule has 146 valence electrons. The summed E-state index contributed by atoms with van der Waals surface area (Å²) in [6.07, 6.45) is 2.99. The topological polar surface area (TPSA) is 67.5 Å². The zero-order valence-electron chi connectivity index (χ0n) is 16.3. The lowest BCUT2D eigenvalue weighted by Crippen LogP contribution is -2.31. The third-order valence-corrected chi connectivity index (χ3v) is 5.39. The fourth-order valence-corrected chi connectivity index (χ4v) is 3.98. The van der Waals surface area contributed by atoms with Gasteiger partial charge in [-0.05, 0) is 37.1 Å². The minimum atomic E-state index is 0.0454. The van der Waals surface area contributed by atoms with Crippen molar-refractivity contribution in [1.82, 2.24) is 14.9 Å². The maximum absolute atomic E-state index is 13.0. The van der Waals surface area contributed by atoms with Gasteiger partial charge in [0, 0.05) is 31.0 Å². The molecule has 0 bridgehead atoms. The van der Waals surface area contributed by atoms with E-state index >= 15 is 0 Å². The Kier molecular flexibility index (Phi) is 5.19. The predicted molar refractivity (Wildman–Crippen MR) is 108 cm³/mol. The van der Waals surface area contributed by atoms with Gasteiger partial charge in [-0.2, -0.15) is 0 Å². The monoisotopic (exact) mass is 379 g/mol. The van der Waals surface area contributed by atoms with E-state index in [2.05, 4.69) is 9.97 Å². The Morgan fingerprint density at radius 3 is 2.86 bits per heavy atom. The molecule has 1 aromatic heterocycles. The second-order valence-corrected chi connectivity index (χ2v) is 7.05. The van der Waals surface area contributed by atoms with E-state index in [0.29, 0.717) is 12.8 Å². The van der Waals surface area contributed by atoms with Gasteiger partial charge in [-0.1, -0.05) is 12.1 Å². The van der Waals surface area contributed by atoms with Gasteiger partial charge < -0.3 is 19.4 Å². The number of ether oxygens (including phenoxy) is 2. The summed E-state index contributed by atoms with van der Waals surface area (Å²) in [6, 6.07) is 13.8. The fourth-order valence-electron chi connectivity index (χ4n) is 3.98. The summed E-state index contributed by atoms with van der Waals surface area (Å²) in [6.45, 7) is 0.777. The molecule has 1 N–H and O–H groups in total. The van der Waals surface area contributed by atoms with E-state index in [0.717, 1.165) is 53.3 Å². The van der Waals surface area contributed by atoms with Crippen LogP contribution in [0.4, 0.5) is 0 Å². The average molecular weight is 379 g/mol. The van der Waals surface area contributed by atoms with E-state index in [1.807, 2.05) is 47.4 Å². The number of H-pyrrole nitrogens is 1. The summed E-state index contributed by atoms with van der Waals surface area (Å²) >= 11 is 0. The van der Waals surface area contributed by atoms with Gasteiger partial charge in [0.05, 0.1) is 31.3 Å². The molecule has 1 unspecified atom stereocenters. The number of nitrogens with zero attached hydrogens (tertiary/aromatic N) is 2. The molecule has 1 aliphatic rings. The number of benzene rings is 2. The molecule has 2 aromatic carbocycles. The molecule has 1 amide bonds. The lowest BCUT2D eigenvalue weighted by Gasteiger charge is -2.26. The smallest absolute Gasteiger partial charge is 0.223 e. The Labute approximate surface area is 164 Å². The molecule has 0 saturated carbocycles. The number of nitrogens with one attached hydrogen (secondary N) is 1. The quantitative estimate of drug-likeness (QED) is 0.706. The van der Waals surface area contributed by atoms with Gasteiger partial charge in [0.15, 0.2) is 0 Å². The minimum absolute atomic E-state index is 0.0454. The number of aryl methyl sites for hydroxylation is 1. The van der Waals surface area contributed by atoms with Crippen LogP contribution in [0.15, 0.2) is 42.5 Å². The zero-order chi connectivity index (χ0) is 19.5. The van der Waals surface area contributed by atoms with Crippen LogP contribution in [-0.2, 0) is 11.2 Å². The molecule has 3 aromatic rings.